The van der Waals surface area contributed by atoms with Gasteiger partial charge in [0.15, 0.2) is 0 Å². The van der Waals surface area contributed by atoms with Crippen molar-refractivity contribution in [2.45, 2.75) is 14.7 Å². The second kappa shape index (κ2) is 15.4. The predicted molar refractivity (Wildman–Crippen MR) is 190 cm³/mol. The van der Waals surface area contributed by atoms with E-state index in [1.54, 1.807) is 6.07 Å². The normalized spacial score (nSPS) is 14.1. The molecule has 0 radical (unpaired) electrons. The Balaban J connectivity index is 0.00000600. The molecular weight excluding hydrogens is 855 g/mol. The maximum atomic E-state index is 14.0. The van der Waals surface area contributed by atoms with Crippen LogP contribution in [0.2, 0.25) is 5.28 Å². The van der Waals surface area contributed by atoms with E-state index in [1.807, 2.05) is 0 Å². The number of nitrogens with one attached hydrogen (secondary N) is 3. The number of nitrogen functional groups attached to an aromatic ring is 1. The Labute approximate surface area is 343 Å². The fourth-order valence-corrected chi connectivity index (χ4v) is 8.03. The molecule has 0 aliphatic heterocycles. The monoisotopic (exact) mass is 871 g/mol. The third-order valence-electron chi connectivity index (χ3n) is 7.47. The van der Waals surface area contributed by atoms with E-state index in [0.29, 0.717) is 23.6 Å². The second-order valence-electron chi connectivity index (χ2n) is 11.1. The first-order valence-corrected chi connectivity index (χ1v) is 20.5. The van der Waals surface area contributed by atoms with Gasteiger partial charge in [0.05, 0.1) is 42.2 Å². The summed E-state index contributed by atoms with van der Waals surface area (Å²) in [6, 6.07) is 12.6. The van der Waals surface area contributed by atoms with Gasteiger partial charge in [0, 0.05) is 11.1 Å². The molecule has 0 saturated heterocycles. The Morgan fingerprint density at radius 3 is 1.98 bits per heavy atom. The van der Waals surface area contributed by atoms with E-state index >= 15 is 0 Å². The van der Waals surface area contributed by atoms with E-state index in [2.05, 4.69) is 36.1 Å². The first-order chi connectivity index (χ1) is 25.5. The first-order valence-electron chi connectivity index (χ1n) is 14.5. The number of anilines is 6. The van der Waals surface area contributed by atoms with Gasteiger partial charge in [-0.1, -0.05) is 30.3 Å². The Morgan fingerprint density at radius 1 is 0.714 bits per heavy atom. The van der Waals surface area contributed by atoms with Crippen LogP contribution in [-0.4, -0.2) is 78.3 Å². The fraction of sp³-hybridized carbons (Fsp3) is 0. The molecule has 0 amide bonds. The number of carbonyl (C=O) groups excluding carboxylic acids is 1. The number of hydrogen-bond acceptors (Lipinski definition) is 21. The molecule has 1 aromatic heterocycles. The van der Waals surface area contributed by atoms with Gasteiger partial charge in [-0.25, -0.2) is 33.7 Å². The maximum Gasteiger partial charge on any atom is 1.00 e. The minimum atomic E-state index is -5.63. The van der Waals surface area contributed by atoms with Crippen LogP contribution in [0.5, 0.6) is 0 Å². The van der Waals surface area contributed by atoms with Gasteiger partial charge < -0.3 is 34.6 Å². The molecule has 27 heteroatoms. The van der Waals surface area contributed by atoms with Crippen LogP contribution < -0.4 is 51.4 Å². The molecule has 0 bridgehead atoms. The van der Waals surface area contributed by atoms with Gasteiger partial charge in [-0.2, -0.15) is 20.1 Å². The molecule has 0 spiro atoms. The molecule has 286 valence electrons. The number of benzene rings is 4. The van der Waals surface area contributed by atoms with Crippen LogP contribution in [0.1, 0.15) is 15.9 Å². The summed E-state index contributed by atoms with van der Waals surface area (Å²) in [5.74, 6) is -2.32. The molecule has 0 unspecified atom stereocenters. The van der Waals surface area contributed by atoms with Crippen molar-refractivity contribution >= 4 is 115 Å². The summed E-state index contributed by atoms with van der Waals surface area (Å²) in [5.41, 5.74) is 3.98. The third-order valence-corrected chi connectivity index (χ3v) is 11.2. The van der Waals surface area contributed by atoms with Crippen LogP contribution in [0, 0.1) is 0 Å². The van der Waals surface area contributed by atoms with Crippen LogP contribution in [0.25, 0.3) is 16.8 Å². The van der Waals surface area contributed by atoms with Crippen LogP contribution >= 0.6 is 11.6 Å². The third kappa shape index (κ3) is 8.98. The summed E-state index contributed by atoms with van der Waals surface area (Å²) in [6.07, 6.45) is 0.536. The van der Waals surface area contributed by atoms with Crippen molar-refractivity contribution in [3.05, 3.63) is 88.0 Å². The maximum absolute atomic E-state index is 14.0. The number of ketones is 1. The SMILES string of the molecule is Nc1cc(Nc2nc(Cl)nc(Nc3cc(S(=O)(=O)[O-])cc4c3C(=O)C(=NNc3ccc5ccccc5c3S(=O)(=O)[O-])C(S(=O)(=O)[O-])=C4)n2)ccc1S(=O)(=O)[O-].[Na+]. The van der Waals surface area contributed by atoms with Gasteiger partial charge in [0.2, 0.25) is 23.0 Å². The number of nitrogens with two attached hydrogens (primary N) is 1. The molecule has 56 heavy (non-hydrogen) atoms. The number of hydrazone groups is 1. The number of nitrogens with zero attached hydrogens (tertiary/aromatic N) is 4. The van der Waals surface area contributed by atoms with E-state index in [1.165, 1.54) is 24.3 Å². The van der Waals surface area contributed by atoms with E-state index in [9.17, 15) is 56.7 Å². The number of rotatable bonds is 10. The van der Waals surface area contributed by atoms with Crippen molar-refractivity contribution in [2.75, 3.05) is 21.8 Å². The molecule has 5 N–H and O–H groups in total. The summed E-state index contributed by atoms with van der Waals surface area (Å²) < 4.78 is 145. The van der Waals surface area contributed by atoms with E-state index in [-0.39, 0.29) is 46.6 Å². The van der Waals surface area contributed by atoms with Crippen LogP contribution in [-0.2, 0) is 40.5 Å². The minimum Gasteiger partial charge on any atom is -0.744 e. The molecule has 6 rings (SSSR count). The van der Waals surface area contributed by atoms with Crippen LogP contribution in [0.3, 0.4) is 0 Å². The van der Waals surface area contributed by atoms with E-state index in [0.717, 1.165) is 24.3 Å². The molecule has 5 aromatic rings. The topological polar surface area (TPSA) is 359 Å². The number of Topliss-reactive ketones (excluding diaryl/α,β-unsaturated/α-hetero) is 1. The Bertz CT molecular complexity index is 3020. The summed E-state index contributed by atoms with van der Waals surface area (Å²) in [5, 5.41) is 8.50. The first kappa shape index (κ1) is 42.5. The summed E-state index contributed by atoms with van der Waals surface area (Å²) in [7, 11) is -21.1. The zero-order chi connectivity index (χ0) is 40.2. The number of aromatic nitrogens is 3. The molecule has 0 saturated carbocycles. The van der Waals surface area contributed by atoms with Gasteiger partial charge >= 0.3 is 29.6 Å². The standard InChI is InChI=1S/C29H21ClN8O13S4.Na/c30-27-34-28(32-15-6-8-21(18(31)11-15)53(43,44)45)36-29(35-27)33-20-12-16(52(40,41)42)9-14-10-22(54(46,47)48)24(25(39)23(14)20)38-37-19-7-5-13-3-1-2-4-17(13)26(19)55(49,50)51;/h1-12,37H,31H2,(H,40,41,42)(H,43,44,45)(H,46,47,48)(H,49,50,51)(H2,32,33,34,35,36);/q;+1/p-4. The Hall–Kier alpha value is -4.64. The van der Waals surface area contributed by atoms with Crippen molar-refractivity contribution in [3.8, 4) is 0 Å². The summed E-state index contributed by atoms with van der Waals surface area (Å²) in [6.45, 7) is 0. The van der Waals surface area contributed by atoms with Gasteiger partial charge in [-0.15, -0.1) is 0 Å². The fourth-order valence-electron chi connectivity index (χ4n) is 5.27. The molecule has 1 aliphatic carbocycles. The van der Waals surface area contributed by atoms with Gasteiger partial charge in [0.1, 0.15) is 46.2 Å². The van der Waals surface area contributed by atoms with Crippen molar-refractivity contribution in [1.82, 2.24) is 15.0 Å². The average molecular weight is 872 g/mol. The second-order valence-corrected chi connectivity index (χ2v) is 16.8. The summed E-state index contributed by atoms with van der Waals surface area (Å²) >= 11 is 6.04. The van der Waals surface area contributed by atoms with E-state index in [4.69, 9.17) is 17.3 Å². The smallest absolute Gasteiger partial charge is 0.744 e. The van der Waals surface area contributed by atoms with Gasteiger partial charge in [-0.3, -0.25) is 10.2 Å². The number of halogens is 1. The molecule has 4 aromatic carbocycles. The number of fused-ring (bicyclic) bond motifs is 2. The zero-order valence-electron chi connectivity index (χ0n) is 27.6. The van der Waals surface area contributed by atoms with Crippen molar-refractivity contribution in [1.29, 1.82) is 0 Å². The van der Waals surface area contributed by atoms with Crippen molar-refractivity contribution in [2.24, 2.45) is 5.10 Å². The molecule has 1 aliphatic rings. The number of hydrogen-bond donors (Lipinski definition) is 4. The van der Waals surface area contributed by atoms with Gasteiger partial charge in [0.25, 0.3) is 0 Å². The minimum absolute atomic E-state index is 0. The molecule has 0 fully saturated rings. The zero-order valence-corrected chi connectivity index (χ0v) is 33.6. The summed E-state index contributed by atoms with van der Waals surface area (Å²) in [4.78, 5) is 21.8. The predicted octanol–water partition coefficient (Wildman–Crippen LogP) is -0.986. The largest absolute Gasteiger partial charge is 1.00 e. The molecule has 0 atom stereocenters. The van der Waals surface area contributed by atoms with Crippen LogP contribution in [0.4, 0.5) is 34.6 Å². The quantitative estimate of drug-likeness (QED) is 0.0566. The number of carbonyl (C=O) groups is 1. The van der Waals surface area contributed by atoms with Crippen LogP contribution in [0.15, 0.2) is 91.4 Å². The number of allylic oxidation sites excluding steroid dienone is 1. The van der Waals surface area contributed by atoms with E-state index < -0.39 is 111 Å². The van der Waals surface area contributed by atoms with Gasteiger partial charge in [-0.05, 0) is 65.0 Å². The Morgan fingerprint density at radius 2 is 1.38 bits per heavy atom. The van der Waals surface area contributed by atoms with Crippen molar-refractivity contribution < 1.29 is 86.2 Å². The molecule has 21 nitrogen and oxygen atoms in total. The molecule has 1 heterocycles. The van der Waals surface area contributed by atoms with Crippen molar-refractivity contribution in [3.63, 3.8) is 0 Å². The Kier molecular flexibility index (Phi) is 11.7. The average Bonchev–Trinajstić information content (AvgIpc) is 3.05. The molecular formula is C29H17ClN8NaO13S4-3.